The van der Waals surface area contributed by atoms with Gasteiger partial charge in [0.1, 0.15) is 16.7 Å². The van der Waals surface area contributed by atoms with Crippen LogP contribution in [-0.4, -0.2) is 19.5 Å². The van der Waals surface area contributed by atoms with Gasteiger partial charge < -0.3 is 5.32 Å². The van der Waals surface area contributed by atoms with Gasteiger partial charge in [-0.25, -0.2) is 15.0 Å². The molecule has 1 atom stereocenters. The highest BCUT2D eigenvalue weighted by molar-refractivity contribution is 7.16. The molecule has 6 rings (SSSR count). The maximum atomic E-state index is 14.3. The highest BCUT2D eigenvalue weighted by Gasteiger charge is 2.20. The molecule has 1 N–H and O–H groups in total. The standard InChI is InChI=1S/C30H25N5OS/c1-3-20-9-7-10-21(15-20)24-14-8-11-22-16-25(35(30(36)26(22)24)23-12-5-4-6-13-23)19(2)34-28-27-29(32-17-31-28)37-18-33-27/h4-19H,3H2,1-2H3,(H,31,32,34)/t19-/m0/s1. The lowest BCUT2D eigenvalue weighted by atomic mass is 9.96. The van der Waals surface area contributed by atoms with Crippen molar-refractivity contribution in [2.75, 3.05) is 5.32 Å². The van der Waals surface area contributed by atoms with Gasteiger partial charge >= 0.3 is 0 Å². The van der Waals surface area contributed by atoms with E-state index in [0.717, 1.165) is 44.7 Å². The molecule has 3 heterocycles. The van der Waals surface area contributed by atoms with Crippen molar-refractivity contribution in [3.05, 3.63) is 112 Å². The van der Waals surface area contributed by atoms with Crippen LogP contribution in [0.1, 0.15) is 31.1 Å². The number of thiazole rings is 1. The number of fused-ring (bicyclic) bond motifs is 2. The van der Waals surface area contributed by atoms with Gasteiger partial charge in [-0.2, -0.15) is 0 Å². The molecule has 3 aromatic carbocycles. The average Bonchev–Trinajstić information content (AvgIpc) is 3.43. The van der Waals surface area contributed by atoms with Gasteiger partial charge in [-0.1, -0.05) is 67.6 Å². The summed E-state index contributed by atoms with van der Waals surface area (Å²) in [7, 11) is 0. The summed E-state index contributed by atoms with van der Waals surface area (Å²) in [6, 6.07) is 26.2. The number of rotatable bonds is 6. The lowest BCUT2D eigenvalue weighted by Crippen LogP contribution is -2.26. The van der Waals surface area contributed by atoms with E-state index in [1.807, 2.05) is 60.0 Å². The molecule has 0 bridgehead atoms. The molecular formula is C30H25N5OS. The monoisotopic (exact) mass is 503 g/mol. The molecule has 0 radical (unpaired) electrons. The van der Waals surface area contributed by atoms with E-state index in [9.17, 15) is 4.79 Å². The Kier molecular flexibility index (Phi) is 5.98. The van der Waals surface area contributed by atoms with Gasteiger partial charge in [-0.3, -0.25) is 9.36 Å². The minimum absolute atomic E-state index is 0.0497. The number of anilines is 1. The molecule has 6 aromatic rings. The SMILES string of the molecule is CCc1cccc(-c2cccc3cc([C@H](C)Nc4ncnc5scnc45)n(-c4ccccc4)c(=O)c23)c1. The zero-order valence-corrected chi connectivity index (χ0v) is 21.4. The maximum Gasteiger partial charge on any atom is 0.263 e. The number of nitrogens with one attached hydrogen (secondary N) is 1. The second-order valence-electron chi connectivity index (χ2n) is 8.96. The van der Waals surface area contributed by atoms with Crippen LogP contribution >= 0.6 is 11.3 Å². The Hall–Kier alpha value is -4.36. The van der Waals surface area contributed by atoms with Gasteiger partial charge in [0.05, 0.1) is 16.9 Å². The molecule has 37 heavy (non-hydrogen) atoms. The minimum atomic E-state index is -0.232. The van der Waals surface area contributed by atoms with Crippen LogP contribution in [0, 0.1) is 0 Å². The van der Waals surface area contributed by atoms with Gasteiger partial charge in [0.15, 0.2) is 5.82 Å². The van der Waals surface area contributed by atoms with Crippen LogP contribution in [0.4, 0.5) is 5.82 Å². The van der Waals surface area contributed by atoms with E-state index in [4.69, 9.17) is 0 Å². The normalized spacial score (nSPS) is 12.2. The molecule has 7 heteroatoms. The van der Waals surface area contributed by atoms with Crippen molar-refractivity contribution in [2.24, 2.45) is 0 Å². The third kappa shape index (κ3) is 4.17. The minimum Gasteiger partial charge on any atom is -0.360 e. The van der Waals surface area contributed by atoms with E-state index in [1.54, 1.807) is 5.51 Å². The number of benzene rings is 3. The summed E-state index contributed by atoms with van der Waals surface area (Å²) < 4.78 is 1.81. The third-order valence-electron chi connectivity index (χ3n) is 6.67. The topological polar surface area (TPSA) is 72.7 Å². The number of hydrogen-bond acceptors (Lipinski definition) is 6. The van der Waals surface area contributed by atoms with E-state index < -0.39 is 0 Å². The summed E-state index contributed by atoms with van der Waals surface area (Å²) in [4.78, 5) is 28.3. The highest BCUT2D eigenvalue weighted by Crippen LogP contribution is 2.31. The molecule has 0 aliphatic rings. The molecule has 182 valence electrons. The lowest BCUT2D eigenvalue weighted by Gasteiger charge is -2.22. The van der Waals surface area contributed by atoms with E-state index in [0.29, 0.717) is 11.2 Å². The van der Waals surface area contributed by atoms with Gasteiger partial charge in [0.2, 0.25) is 0 Å². The van der Waals surface area contributed by atoms with Crippen LogP contribution in [0.5, 0.6) is 0 Å². The second-order valence-corrected chi connectivity index (χ2v) is 9.80. The van der Waals surface area contributed by atoms with Crippen molar-refractivity contribution in [3.8, 4) is 16.8 Å². The van der Waals surface area contributed by atoms with Crippen molar-refractivity contribution in [2.45, 2.75) is 26.3 Å². The number of hydrogen-bond donors (Lipinski definition) is 1. The summed E-state index contributed by atoms with van der Waals surface area (Å²) in [5, 5.41) is 5.10. The molecule has 0 fully saturated rings. The highest BCUT2D eigenvalue weighted by atomic mass is 32.1. The smallest absolute Gasteiger partial charge is 0.263 e. The molecule has 0 spiro atoms. The largest absolute Gasteiger partial charge is 0.360 e. The number of aryl methyl sites for hydroxylation is 1. The van der Waals surface area contributed by atoms with Crippen LogP contribution in [0.2, 0.25) is 0 Å². The number of aromatic nitrogens is 4. The Balaban J connectivity index is 1.57. The van der Waals surface area contributed by atoms with Crippen LogP contribution < -0.4 is 10.9 Å². The first-order valence-corrected chi connectivity index (χ1v) is 13.2. The molecule has 6 nitrogen and oxygen atoms in total. The first kappa shape index (κ1) is 23.1. The molecule has 0 amide bonds. The molecule has 0 aliphatic heterocycles. The third-order valence-corrected chi connectivity index (χ3v) is 7.40. The zero-order chi connectivity index (χ0) is 25.4. The van der Waals surface area contributed by atoms with E-state index in [-0.39, 0.29) is 11.6 Å². The van der Waals surface area contributed by atoms with Gasteiger partial charge in [0.25, 0.3) is 5.56 Å². The Morgan fingerprint density at radius 2 is 1.78 bits per heavy atom. The van der Waals surface area contributed by atoms with Crippen molar-refractivity contribution in [1.29, 1.82) is 0 Å². The molecular weight excluding hydrogens is 478 g/mol. The van der Waals surface area contributed by atoms with Crippen molar-refractivity contribution in [3.63, 3.8) is 0 Å². The van der Waals surface area contributed by atoms with E-state index >= 15 is 0 Å². The van der Waals surface area contributed by atoms with Crippen molar-refractivity contribution < 1.29 is 0 Å². The predicted octanol–water partition coefficient (Wildman–Crippen LogP) is 6.79. The fraction of sp³-hybridized carbons (Fsp3) is 0.133. The zero-order valence-electron chi connectivity index (χ0n) is 20.6. The molecule has 0 unspecified atom stereocenters. The first-order chi connectivity index (χ1) is 18.1. The number of nitrogens with zero attached hydrogens (tertiary/aromatic N) is 4. The Labute approximate surface area is 218 Å². The van der Waals surface area contributed by atoms with Gasteiger partial charge in [-0.15, -0.1) is 11.3 Å². The second kappa shape index (κ2) is 9.59. The molecule has 0 saturated heterocycles. The fourth-order valence-corrected chi connectivity index (χ4v) is 5.45. The lowest BCUT2D eigenvalue weighted by molar-refractivity contribution is 0.774. The average molecular weight is 504 g/mol. The summed E-state index contributed by atoms with van der Waals surface area (Å²) in [5.41, 5.74) is 7.33. The van der Waals surface area contributed by atoms with Crippen LogP contribution in [0.3, 0.4) is 0 Å². The Morgan fingerprint density at radius 1 is 0.946 bits per heavy atom. The van der Waals surface area contributed by atoms with E-state index in [2.05, 4.69) is 57.5 Å². The van der Waals surface area contributed by atoms with Gasteiger partial charge in [0, 0.05) is 11.4 Å². The number of para-hydroxylation sites is 1. The van der Waals surface area contributed by atoms with Crippen LogP contribution in [0.15, 0.2) is 95.5 Å². The van der Waals surface area contributed by atoms with Crippen LogP contribution in [-0.2, 0) is 6.42 Å². The summed E-state index contributed by atoms with van der Waals surface area (Å²) in [6.45, 7) is 4.18. The quantitative estimate of drug-likeness (QED) is 0.271. The van der Waals surface area contributed by atoms with Crippen molar-refractivity contribution in [1.82, 2.24) is 19.5 Å². The Bertz CT molecular complexity index is 1790. The molecule has 0 saturated carbocycles. The van der Waals surface area contributed by atoms with E-state index in [1.165, 1.54) is 23.2 Å². The van der Waals surface area contributed by atoms with Crippen LogP contribution in [0.25, 0.3) is 37.9 Å². The van der Waals surface area contributed by atoms with Gasteiger partial charge in [-0.05, 0) is 53.6 Å². The summed E-state index contributed by atoms with van der Waals surface area (Å²) in [6.07, 6.45) is 2.48. The van der Waals surface area contributed by atoms with Crippen molar-refractivity contribution >= 4 is 38.3 Å². The molecule has 3 aromatic heterocycles. The Morgan fingerprint density at radius 3 is 2.62 bits per heavy atom. The maximum absolute atomic E-state index is 14.3. The molecule has 0 aliphatic carbocycles. The number of pyridine rings is 1. The first-order valence-electron chi connectivity index (χ1n) is 12.3. The summed E-state index contributed by atoms with van der Waals surface area (Å²) in [5.74, 6) is 0.649. The fourth-order valence-electron chi connectivity index (χ4n) is 4.82. The predicted molar refractivity (Wildman–Crippen MR) is 152 cm³/mol. The summed E-state index contributed by atoms with van der Waals surface area (Å²) >= 11 is 1.47.